The predicted octanol–water partition coefficient (Wildman–Crippen LogP) is 1.87. The van der Waals surface area contributed by atoms with Crippen LogP contribution in [-0.4, -0.2) is 26.4 Å². The molecular formula is C15H18F2N4O. The second kappa shape index (κ2) is 5.40. The lowest BCUT2D eigenvalue weighted by atomic mass is 9.80. The van der Waals surface area contributed by atoms with Crippen LogP contribution in [0.4, 0.5) is 8.78 Å². The molecule has 1 aromatic heterocycles. The molecule has 3 atom stereocenters. The lowest BCUT2D eigenvalue weighted by Gasteiger charge is -2.39. The van der Waals surface area contributed by atoms with Crippen molar-refractivity contribution in [1.29, 1.82) is 0 Å². The summed E-state index contributed by atoms with van der Waals surface area (Å²) in [5, 5.41) is 21.5. The first kappa shape index (κ1) is 15.1. The van der Waals surface area contributed by atoms with E-state index in [0.29, 0.717) is 16.8 Å². The van der Waals surface area contributed by atoms with E-state index in [4.69, 9.17) is 0 Å². The molecule has 0 spiro atoms. The Morgan fingerprint density at radius 1 is 1.41 bits per heavy atom. The van der Waals surface area contributed by atoms with Gasteiger partial charge < -0.3 is 5.11 Å². The van der Waals surface area contributed by atoms with Crippen molar-refractivity contribution >= 4 is 0 Å². The molecule has 2 N–H and O–H groups in total. The molecule has 1 saturated heterocycles. The number of aliphatic hydroxyl groups is 1. The highest BCUT2D eigenvalue weighted by atomic mass is 19.1. The Balaban J connectivity index is 1.93. The van der Waals surface area contributed by atoms with Gasteiger partial charge in [-0.15, -0.1) is 5.10 Å². The highest BCUT2D eigenvalue weighted by Crippen LogP contribution is 2.40. The summed E-state index contributed by atoms with van der Waals surface area (Å²) in [6.07, 6.45) is 0.467. The summed E-state index contributed by atoms with van der Waals surface area (Å²) in [5.74, 6) is -0.344. The molecule has 7 heteroatoms. The summed E-state index contributed by atoms with van der Waals surface area (Å²) < 4.78 is 29.0. The van der Waals surface area contributed by atoms with E-state index in [1.165, 1.54) is 16.8 Å². The summed E-state index contributed by atoms with van der Waals surface area (Å²) in [5.41, 5.74) is 0.146. The Bertz CT molecular complexity index is 690. The third-order valence-electron chi connectivity index (χ3n) is 4.11. The third-order valence-corrected chi connectivity index (χ3v) is 4.11. The van der Waals surface area contributed by atoms with Gasteiger partial charge in [-0.25, -0.2) is 8.78 Å². The van der Waals surface area contributed by atoms with Gasteiger partial charge in [0.05, 0.1) is 17.3 Å². The van der Waals surface area contributed by atoms with Crippen LogP contribution < -0.4 is 5.32 Å². The van der Waals surface area contributed by atoms with Crippen LogP contribution in [0.1, 0.15) is 35.7 Å². The van der Waals surface area contributed by atoms with E-state index < -0.39 is 17.9 Å². The molecule has 2 heterocycles. The molecule has 5 nitrogen and oxygen atoms in total. The van der Waals surface area contributed by atoms with Gasteiger partial charge in [-0.3, -0.25) is 10.00 Å². The van der Waals surface area contributed by atoms with Crippen LogP contribution >= 0.6 is 0 Å². The number of alkyl halides is 1. The van der Waals surface area contributed by atoms with E-state index in [0.717, 1.165) is 0 Å². The average molecular weight is 308 g/mol. The van der Waals surface area contributed by atoms with Crippen LogP contribution in [0, 0.1) is 12.7 Å². The van der Waals surface area contributed by atoms with Crippen LogP contribution in [0.15, 0.2) is 24.4 Å². The van der Waals surface area contributed by atoms with Gasteiger partial charge >= 0.3 is 0 Å². The fourth-order valence-corrected chi connectivity index (χ4v) is 2.94. The summed E-state index contributed by atoms with van der Waals surface area (Å²) in [6.45, 7) is 1.62. The summed E-state index contributed by atoms with van der Waals surface area (Å²) in [7, 11) is 1.72. The Hall–Kier alpha value is -1.86. The Morgan fingerprint density at radius 3 is 2.82 bits per heavy atom. The number of aromatic nitrogens is 3. The highest BCUT2D eigenvalue weighted by Gasteiger charge is 2.42. The largest absolute Gasteiger partial charge is 0.385 e. The fourth-order valence-electron chi connectivity index (χ4n) is 2.94. The Labute approximate surface area is 127 Å². The van der Waals surface area contributed by atoms with Crippen molar-refractivity contribution in [2.45, 2.75) is 37.7 Å². The van der Waals surface area contributed by atoms with E-state index >= 15 is 0 Å². The number of aryl methyl sites for hydroxylation is 2. The molecule has 0 radical (unpaired) electrons. The van der Waals surface area contributed by atoms with E-state index in [2.05, 4.69) is 15.6 Å². The van der Waals surface area contributed by atoms with Crippen molar-refractivity contribution in [3.8, 4) is 0 Å². The highest BCUT2D eigenvalue weighted by molar-refractivity contribution is 5.30. The van der Waals surface area contributed by atoms with E-state index in [-0.39, 0.29) is 18.7 Å². The quantitative estimate of drug-likeness (QED) is 0.832. The minimum Gasteiger partial charge on any atom is -0.385 e. The number of nitrogens with zero attached hydrogens (tertiary/aromatic N) is 3. The van der Waals surface area contributed by atoms with Crippen molar-refractivity contribution in [1.82, 2.24) is 20.3 Å². The topological polar surface area (TPSA) is 63.0 Å². The number of hydrogen-bond donors (Lipinski definition) is 2. The Kier molecular flexibility index (Phi) is 3.70. The summed E-state index contributed by atoms with van der Waals surface area (Å²) >= 11 is 0. The zero-order chi connectivity index (χ0) is 15.9. The van der Waals surface area contributed by atoms with Gasteiger partial charge in [-0.05, 0) is 24.1 Å². The third kappa shape index (κ3) is 2.74. The summed E-state index contributed by atoms with van der Waals surface area (Å²) in [6, 6.07) is 3.93. The lowest BCUT2D eigenvalue weighted by Crippen LogP contribution is -2.46. The van der Waals surface area contributed by atoms with Gasteiger partial charge in [0.1, 0.15) is 5.82 Å². The predicted molar refractivity (Wildman–Crippen MR) is 76.0 cm³/mol. The van der Waals surface area contributed by atoms with Crippen LogP contribution in [0.5, 0.6) is 0 Å². The van der Waals surface area contributed by atoms with Crippen molar-refractivity contribution in [3.05, 3.63) is 47.0 Å². The zero-order valence-corrected chi connectivity index (χ0v) is 12.4. The van der Waals surface area contributed by atoms with Crippen molar-refractivity contribution in [2.75, 3.05) is 0 Å². The lowest BCUT2D eigenvalue weighted by molar-refractivity contribution is -0.0499. The fraction of sp³-hybridized carbons (Fsp3) is 0.467. The number of nitrogens with one attached hydrogen (secondary N) is 1. The van der Waals surface area contributed by atoms with Gasteiger partial charge in [0.25, 0.3) is 0 Å². The van der Waals surface area contributed by atoms with Gasteiger partial charge in [0.15, 0.2) is 6.30 Å². The molecule has 0 aliphatic carbocycles. The average Bonchev–Trinajstić information content (AvgIpc) is 2.87. The van der Waals surface area contributed by atoms with E-state index in [1.807, 2.05) is 0 Å². The molecule has 0 bridgehead atoms. The van der Waals surface area contributed by atoms with E-state index in [9.17, 15) is 13.9 Å². The molecule has 0 amide bonds. The first-order valence-corrected chi connectivity index (χ1v) is 7.13. The van der Waals surface area contributed by atoms with Gasteiger partial charge in [-0.2, -0.15) is 0 Å². The Morgan fingerprint density at radius 2 is 2.18 bits per heavy atom. The second-order valence-electron chi connectivity index (χ2n) is 5.91. The van der Waals surface area contributed by atoms with Crippen LogP contribution in [0.2, 0.25) is 0 Å². The molecule has 1 aliphatic rings. The molecule has 22 heavy (non-hydrogen) atoms. The zero-order valence-electron chi connectivity index (χ0n) is 12.4. The number of rotatable bonds is 2. The molecule has 1 aliphatic heterocycles. The van der Waals surface area contributed by atoms with Gasteiger partial charge in [0, 0.05) is 26.1 Å². The van der Waals surface area contributed by atoms with Gasteiger partial charge in [0.2, 0.25) is 0 Å². The SMILES string of the molecule is Cc1cc([C@@]2(O)C[C@@H](c3cn(C)nn3)N[C@@H](F)C2)ccc1F. The smallest absolute Gasteiger partial charge is 0.154 e. The number of halogens is 2. The molecule has 118 valence electrons. The van der Waals surface area contributed by atoms with Crippen LogP contribution in [0.3, 0.4) is 0 Å². The monoisotopic (exact) mass is 308 g/mol. The maximum Gasteiger partial charge on any atom is 0.154 e. The first-order chi connectivity index (χ1) is 10.4. The number of piperidine rings is 1. The van der Waals surface area contributed by atoms with E-state index in [1.54, 1.807) is 26.2 Å². The molecule has 0 unspecified atom stereocenters. The van der Waals surface area contributed by atoms with Gasteiger partial charge in [-0.1, -0.05) is 17.3 Å². The number of benzene rings is 1. The molecule has 1 aromatic carbocycles. The number of hydrogen-bond acceptors (Lipinski definition) is 4. The maximum absolute atomic E-state index is 14.1. The maximum atomic E-state index is 14.1. The molecule has 1 fully saturated rings. The summed E-state index contributed by atoms with van der Waals surface area (Å²) in [4.78, 5) is 0. The van der Waals surface area contributed by atoms with Crippen molar-refractivity contribution in [3.63, 3.8) is 0 Å². The van der Waals surface area contributed by atoms with Crippen LogP contribution in [-0.2, 0) is 12.6 Å². The van der Waals surface area contributed by atoms with Crippen molar-refractivity contribution < 1.29 is 13.9 Å². The second-order valence-corrected chi connectivity index (χ2v) is 5.91. The minimum absolute atomic E-state index is 0.0885. The molecule has 3 rings (SSSR count). The minimum atomic E-state index is -1.38. The standard InChI is InChI=1S/C15H18F2N4O/c1-9-5-10(3-4-11(9)16)15(22)6-12(18-14(17)7-15)13-8-21(2)20-19-13/h3-5,8,12,14,18,22H,6-7H2,1-2H3/t12-,14+,15+/m0/s1. The van der Waals surface area contributed by atoms with Crippen LogP contribution in [0.25, 0.3) is 0 Å². The molecule has 2 aromatic rings. The first-order valence-electron chi connectivity index (χ1n) is 7.13. The molecular weight excluding hydrogens is 290 g/mol. The molecule has 0 saturated carbocycles. The van der Waals surface area contributed by atoms with Crippen molar-refractivity contribution in [2.24, 2.45) is 7.05 Å². The normalized spacial score (nSPS) is 28.8.